The molecular weight excluding hydrogens is 641 g/mol. The van der Waals surface area contributed by atoms with Crippen molar-refractivity contribution in [2.45, 2.75) is 43.1 Å². The molecule has 0 saturated carbocycles. The second-order valence-electron chi connectivity index (χ2n) is 9.16. The number of aromatic nitrogens is 2. The molecule has 3 rings (SSSR count). The van der Waals surface area contributed by atoms with Gasteiger partial charge >= 0.3 is 21.3 Å². The van der Waals surface area contributed by atoms with E-state index in [9.17, 15) is 48.0 Å². The zero-order valence-electron chi connectivity index (χ0n) is 21.9. The zero-order valence-corrected chi connectivity index (χ0v) is 24.4. The third kappa shape index (κ3) is 8.24. The summed E-state index contributed by atoms with van der Waals surface area (Å²) in [6, 6.07) is 7.75. The van der Waals surface area contributed by atoms with E-state index in [4.69, 9.17) is 17.8 Å². The van der Waals surface area contributed by atoms with E-state index >= 15 is 0 Å². The quantitative estimate of drug-likeness (QED) is 0.232. The van der Waals surface area contributed by atoms with Gasteiger partial charge in [-0.3, -0.25) is 26.9 Å². The highest BCUT2D eigenvalue weighted by molar-refractivity contribution is 7.87. The van der Waals surface area contributed by atoms with Gasteiger partial charge in [0.2, 0.25) is 0 Å². The Morgan fingerprint density at radius 3 is 2.02 bits per heavy atom. The number of aryl methyl sites for hydroxylation is 1. The molecule has 0 spiro atoms. The first kappa shape index (κ1) is 33.8. The lowest BCUT2D eigenvalue weighted by Gasteiger charge is -2.33. The molecule has 21 heteroatoms. The summed E-state index contributed by atoms with van der Waals surface area (Å²) < 4.78 is 138. The first-order valence-corrected chi connectivity index (χ1v) is 16.5. The van der Waals surface area contributed by atoms with Crippen molar-refractivity contribution >= 4 is 30.4 Å². The van der Waals surface area contributed by atoms with E-state index in [0.717, 1.165) is 6.20 Å². The van der Waals surface area contributed by atoms with Crippen LogP contribution in [0.5, 0.6) is 0 Å². The fraction of sp³-hybridized carbons (Fsp3) is 0.524. The number of H-pyrrole nitrogens is 1. The molecule has 1 fully saturated rings. The zero-order chi connectivity index (χ0) is 31.7. The molecule has 2 heterocycles. The van der Waals surface area contributed by atoms with Crippen molar-refractivity contribution in [3.8, 4) is 0 Å². The molecule has 2 aromatic rings. The first-order valence-electron chi connectivity index (χ1n) is 11.5. The monoisotopic (exact) mass is 666 g/mol. The smallest absolute Gasteiger partial charge is 0.367 e. The van der Waals surface area contributed by atoms with E-state index in [0.29, 0.717) is 22.6 Å². The maximum atomic E-state index is 13.5. The van der Waals surface area contributed by atoms with Crippen molar-refractivity contribution in [2.24, 2.45) is 0 Å². The number of hydrogen-bond acceptors (Lipinski definition) is 13. The van der Waals surface area contributed by atoms with Crippen molar-refractivity contribution in [2.75, 3.05) is 25.7 Å². The van der Waals surface area contributed by atoms with Crippen LogP contribution in [0.4, 0.5) is 13.2 Å². The average molecular weight is 667 g/mol. The number of nitrogens with zero attached hydrogens (tertiary/aromatic N) is 1. The molecule has 15 nitrogen and oxygen atoms in total. The third-order valence-corrected chi connectivity index (χ3v) is 7.84. The fourth-order valence-corrected chi connectivity index (χ4v) is 5.23. The molecular formula is C21H25F3N2O13S3. The van der Waals surface area contributed by atoms with Gasteiger partial charge in [0, 0.05) is 11.8 Å². The fourth-order valence-electron chi connectivity index (χ4n) is 3.81. The third-order valence-electron chi connectivity index (χ3n) is 5.70. The summed E-state index contributed by atoms with van der Waals surface area (Å²) in [5.74, 6) is 0. The van der Waals surface area contributed by atoms with E-state index in [1.165, 1.54) is 19.1 Å². The van der Waals surface area contributed by atoms with Crippen molar-refractivity contribution in [1.29, 1.82) is 0 Å². The van der Waals surface area contributed by atoms with Crippen LogP contribution in [0.3, 0.4) is 0 Å². The van der Waals surface area contributed by atoms with Crippen LogP contribution in [0.1, 0.15) is 17.4 Å². The van der Waals surface area contributed by atoms with Crippen LogP contribution in [-0.4, -0.2) is 83.8 Å². The van der Waals surface area contributed by atoms with Crippen LogP contribution in [0.25, 0.3) is 0 Å². The van der Waals surface area contributed by atoms with E-state index in [1.807, 2.05) is 4.98 Å². The SMILES string of the molecule is Cc1cn([C@@H]2OC(COS(C)(=O)=O)(COS(C)(=O)=O)[C@H](OCc3ccccc3)[C@@H]2OS(=O)(=O)C(F)(F)F)c(=O)[nH]c1=O. The highest BCUT2D eigenvalue weighted by atomic mass is 32.2. The van der Waals surface area contributed by atoms with Crippen LogP contribution in [0.2, 0.25) is 0 Å². The minimum absolute atomic E-state index is 0.186. The van der Waals surface area contributed by atoms with Gasteiger partial charge in [-0.15, -0.1) is 0 Å². The number of nitrogens with one attached hydrogen (secondary N) is 1. The van der Waals surface area contributed by atoms with Crippen LogP contribution in [0.15, 0.2) is 46.1 Å². The largest absolute Gasteiger partial charge is 0.523 e. The summed E-state index contributed by atoms with van der Waals surface area (Å²) in [6.45, 7) is -1.71. The Bertz CT molecular complexity index is 1690. The number of rotatable bonds is 12. The summed E-state index contributed by atoms with van der Waals surface area (Å²) in [4.78, 5) is 26.5. The highest BCUT2D eigenvalue weighted by Gasteiger charge is 2.62. The molecule has 3 atom stereocenters. The average Bonchev–Trinajstić information content (AvgIpc) is 3.14. The molecule has 0 aliphatic carbocycles. The maximum absolute atomic E-state index is 13.5. The summed E-state index contributed by atoms with van der Waals surface area (Å²) in [5.41, 5.74) is -10.6. The lowest BCUT2D eigenvalue weighted by Crippen LogP contribution is -2.53. The molecule has 1 aromatic carbocycles. The normalized spacial score (nSPS) is 21.4. The van der Waals surface area contributed by atoms with Crippen molar-refractivity contribution < 1.29 is 60.4 Å². The summed E-state index contributed by atoms with van der Waals surface area (Å²) in [7, 11) is -15.2. The lowest BCUT2D eigenvalue weighted by atomic mass is 9.96. The van der Waals surface area contributed by atoms with Gasteiger partial charge in [0.25, 0.3) is 25.8 Å². The Morgan fingerprint density at radius 2 is 1.52 bits per heavy atom. The van der Waals surface area contributed by atoms with Gasteiger partial charge in [0.05, 0.1) is 19.1 Å². The molecule has 0 bridgehead atoms. The lowest BCUT2D eigenvalue weighted by molar-refractivity contribution is -0.154. The summed E-state index contributed by atoms with van der Waals surface area (Å²) in [6.07, 6.45) is -4.82. The Kier molecular flexibility index (Phi) is 9.79. The van der Waals surface area contributed by atoms with Gasteiger partial charge in [-0.05, 0) is 12.5 Å². The van der Waals surface area contributed by atoms with Crippen LogP contribution >= 0.6 is 0 Å². The number of alkyl halides is 3. The number of hydrogen-bond donors (Lipinski definition) is 1. The molecule has 0 amide bonds. The molecule has 0 radical (unpaired) electrons. The van der Waals surface area contributed by atoms with E-state index in [-0.39, 0.29) is 5.56 Å². The van der Waals surface area contributed by atoms with Crippen molar-refractivity contribution in [1.82, 2.24) is 9.55 Å². The topological polar surface area (TPSA) is 203 Å². The highest BCUT2D eigenvalue weighted by Crippen LogP contribution is 2.44. The van der Waals surface area contributed by atoms with E-state index < -0.39 is 91.0 Å². The molecule has 1 N–H and O–H groups in total. The molecule has 236 valence electrons. The minimum Gasteiger partial charge on any atom is -0.367 e. The Hall–Kier alpha value is -2.66. The number of aromatic amines is 1. The molecule has 0 unspecified atom stereocenters. The molecule has 1 saturated heterocycles. The van der Waals surface area contributed by atoms with E-state index in [2.05, 4.69) is 4.18 Å². The van der Waals surface area contributed by atoms with Gasteiger partial charge in [-0.25, -0.2) is 4.79 Å². The second-order valence-corrected chi connectivity index (χ2v) is 14.0. The van der Waals surface area contributed by atoms with Gasteiger partial charge < -0.3 is 9.47 Å². The van der Waals surface area contributed by atoms with Crippen molar-refractivity contribution in [3.63, 3.8) is 0 Å². The molecule has 42 heavy (non-hydrogen) atoms. The first-order chi connectivity index (χ1) is 19.1. The molecule has 1 aliphatic rings. The molecule has 1 aromatic heterocycles. The Labute approximate surface area is 237 Å². The van der Waals surface area contributed by atoms with Gasteiger partial charge in [0.1, 0.15) is 24.9 Å². The molecule has 1 aliphatic heterocycles. The maximum Gasteiger partial charge on any atom is 0.523 e. The number of halogens is 3. The van der Waals surface area contributed by atoms with Gasteiger partial charge in [-0.1, -0.05) is 30.3 Å². The minimum atomic E-state index is -6.47. The van der Waals surface area contributed by atoms with Crippen LogP contribution in [0, 0.1) is 6.92 Å². The Morgan fingerprint density at radius 1 is 0.976 bits per heavy atom. The predicted molar refractivity (Wildman–Crippen MR) is 135 cm³/mol. The van der Waals surface area contributed by atoms with Gasteiger partial charge in [0.15, 0.2) is 12.3 Å². The summed E-state index contributed by atoms with van der Waals surface area (Å²) in [5, 5.41) is 0. The van der Waals surface area contributed by atoms with Crippen LogP contribution < -0.4 is 11.2 Å². The van der Waals surface area contributed by atoms with E-state index in [1.54, 1.807) is 18.2 Å². The van der Waals surface area contributed by atoms with Crippen molar-refractivity contribution in [3.05, 3.63) is 68.5 Å². The predicted octanol–water partition coefficient (Wildman–Crippen LogP) is -0.115. The second kappa shape index (κ2) is 12.1. The van der Waals surface area contributed by atoms with Gasteiger partial charge in [-0.2, -0.15) is 38.4 Å². The summed E-state index contributed by atoms with van der Waals surface area (Å²) >= 11 is 0. The van der Waals surface area contributed by atoms with Crippen LogP contribution in [-0.2, 0) is 59.0 Å². The standard InChI is InChI=1S/C21H25F3N2O13S3/c1-13-9-26(19(28)25-17(13)27)18-15(39-42(33,34)21(22,23)24)16(35-10-14-7-5-4-6-8-14)20(38-18,11-36-40(2,29)30)12-37-41(3,31)32/h4-9,15-16,18H,10-12H2,1-3H3,(H,25,27,28)/t15-,16+,18+/m0/s1. The Balaban J connectivity index is 2.28. The number of benzene rings is 1. The number of ether oxygens (including phenoxy) is 2.